The summed E-state index contributed by atoms with van der Waals surface area (Å²) in [7, 11) is 0. The normalized spacial score (nSPS) is 16.5. The number of thiazole rings is 1. The van der Waals surface area contributed by atoms with E-state index in [9.17, 15) is 5.26 Å². The van der Waals surface area contributed by atoms with Crippen LogP contribution in [0.1, 0.15) is 56.3 Å². The van der Waals surface area contributed by atoms with Gasteiger partial charge in [-0.2, -0.15) is 5.26 Å². The van der Waals surface area contributed by atoms with Crippen molar-refractivity contribution in [3.63, 3.8) is 0 Å². The predicted octanol–water partition coefficient (Wildman–Crippen LogP) is 8.66. The Hall–Kier alpha value is -4.11. The van der Waals surface area contributed by atoms with Crippen LogP contribution in [-0.4, -0.2) is 44.5 Å². The number of piperidine rings is 1. The summed E-state index contributed by atoms with van der Waals surface area (Å²) in [6.07, 6.45) is 5.84. The Kier molecular flexibility index (Phi) is 8.83. The van der Waals surface area contributed by atoms with Gasteiger partial charge in [-0.15, -0.1) is 16.9 Å². The number of anilines is 3. The first-order valence-electron chi connectivity index (χ1n) is 16.0. The number of fused-ring (bicyclic) bond motifs is 2. The summed E-state index contributed by atoms with van der Waals surface area (Å²) in [5, 5.41) is 21.3. The summed E-state index contributed by atoms with van der Waals surface area (Å²) >= 11 is 15.0. The average Bonchev–Trinajstić information content (AvgIpc) is 3.76. The number of hydrogen-bond donors (Lipinski definition) is 4. The SMILES string of the molecule is Cc1ccc(Nc2c(C#N)cnc3c(Cl)cc(N[C@H](C4=CN(C5CCN(C(C)(C)C)CC5)NN4)c4cccc5scnc45)cc23)cc1Cl. The lowest BCUT2D eigenvalue weighted by molar-refractivity contribution is 0.0570. The minimum absolute atomic E-state index is 0.164. The summed E-state index contributed by atoms with van der Waals surface area (Å²) in [5.74, 6) is 0. The van der Waals surface area contributed by atoms with Crippen LogP contribution in [0.15, 0.2) is 72.1 Å². The first-order chi connectivity index (χ1) is 23.1. The third-order valence-corrected chi connectivity index (χ3v) is 10.7. The number of hydrogen-bond acceptors (Lipinski definition) is 10. The van der Waals surface area contributed by atoms with E-state index >= 15 is 0 Å². The van der Waals surface area contributed by atoms with Gasteiger partial charge >= 0.3 is 0 Å². The Morgan fingerprint density at radius 3 is 2.56 bits per heavy atom. The number of likely N-dealkylation sites (tertiary alicyclic amines) is 1. The van der Waals surface area contributed by atoms with Crippen molar-refractivity contribution in [2.45, 2.75) is 58.2 Å². The predicted molar refractivity (Wildman–Crippen MR) is 197 cm³/mol. The molecule has 246 valence electrons. The van der Waals surface area contributed by atoms with Crippen LogP contribution < -0.4 is 21.6 Å². The summed E-state index contributed by atoms with van der Waals surface area (Å²) in [6.45, 7) is 10.9. The van der Waals surface area contributed by atoms with Crippen molar-refractivity contribution in [1.29, 1.82) is 5.26 Å². The summed E-state index contributed by atoms with van der Waals surface area (Å²) in [5.41, 5.74) is 16.0. The number of hydrazine groups is 2. The quantitative estimate of drug-likeness (QED) is 0.133. The standard InChI is InChI=1S/C36H37Cl2N9S/c1-21-8-9-23(15-28(21)37)42-32-22(17-39)18-40-33-27(32)14-24(16-29(33)38)43-34(26-6-5-7-31-35(26)41-20-48-31)30-19-47(45-44-30)25-10-12-46(13-11-25)36(2,3)4/h5-9,14-16,18-20,25,34,43-45H,10-13H2,1-4H3,(H,40,42)/t34-/m0/s1. The highest BCUT2D eigenvalue weighted by molar-refractivity contribution is 7.16. The van der Waals surface area contributed by atoms with Crippen LogP contribution in [-0.2, 0) is 0 Å². The molecule has 7 rings (SSSR count). The highest BCUT2D eigenvalue weighted by Gasteiger charge is 2.32. The molecule has 2 aromatic heterocycles. The second-order valence-corrected chi connectivity index (χ2v) is 15.0. The van der Waals surface area contributed by atoms with E-state index < -0.39 is 0 Å². The van der Waals surface area contributed by atoms with Crippen LogP contribution in [0.2, 0.25) is 10.0 Å². The minimum Gasteiger partial charge on any atom is -0.373 e. The maximum absolute atomic E-state index is 10.1. The van der Waals surface area contributed by atoms with E-state index in [0.29, 0.717) is 38.2 Å². The van der Waals surface area contributed by atoms with Crippen LogP contribution in [0.5, 0.6) is 0 Å². The molecule has 0 radical (unpaired) electrons. The Morgan fingerprint density at radius 2 is 1.81 bits per heavy atom. The maximum atomic E-state index is 10.1. The largest absolute Gasteiger partial charge is 0.373 e. The van der Waals surface area contributed by atoms with Gasteiger partial charge in [0.2, 0.25) is 0 Å². The van der Waals surface area contributed by atoms with Gasteiger partial charge in [-0.1, -0.05) is 41.4 Å². The van der Waals surface area contributed by atoms with Gasteiger partial charge in [-0.25, -0.2) is 4.98 Å². The van der Waals surface area contributed by atoms with Crippen LogP contribution in [0.25, 0.3) is 21.1 Å². The summed E-state index contributed by atoms with van der Waals surface area (Å²) < 4.78 is 1.11. The van der Waals surface area contributed by atoms with Crippen molar-refractivity contribution in [2.75, 3.05) is 23.7 Å². The van der Waals surface area contributed by atoms with Gasteiger partial charge in [0, 0.05) is 64.4 Å². The molecule has 0 aliphatic carbocycles. The number of aryl methyl sites for hydroxylation is 1. The van der Waals surface area contributed by atoms with Crippen molar-refractivity contribution in [2.24, 2.45) is 0 Å². The Balaban J connectivity index is 1.26. The third-order valence-electron chi connectivity index (χ3n) is 9.23. The van der Waals surface area contributed by atoms with Crippen molar-refractivity contribution in [3.8, 4) is 6.07 Å². The molecule has 5 aromatic rings. The molecule has 9 nitrogen and oxygen atoms in total. The van der Waals surface area contributed by atoms with Crippen LogP contribution in [0.4, 0.5) is 17.1 Å². The number of pyridine rings is 1. The van der Waals surface area contributed by atoms with Gasteiger partial charge in [0.15, 0.2) is 0 Å². The number of rotatable bonds is 7. The molecular formula is C36H37Cl2N9S. The lowest BCUT2D eigenvalue weighted by Gasteiger charge is -2.42. The molecule has 1 fully saturated rings. The van der Waals surface area contributed by atoms with Crippen LogP contribution in [0, 0.1) is 18.3 Å². The summed E-state index contributed by atoms with van der Waals surface area (Å²) in [4.78, 5) is 11.9. The smallest absolute Gasteiger partial charge is 0.103 e. The second-order valence-electron chi connectivity index (χ2n) is 13.3. The lowest BCUT2D eigenvalue weighted by atomic mass is 9.97. The molecule has 0 amide bonds. The minimum atomic E-state index is -0.295. The van der Waals surface area contributed by atoms with Crippen LogP contribution >= 0.6 is 34.5 Å². The highest BCUT2D eigenvalue weighted by Crippen LogP contribution is 2.39. The fourth-order valence-corrected chi connectivity index (χ4v) is 7.67. The number of halogens is 2. The van der Waals surface area contributed by atoms with E-state index in [4.69, 9.17) is 28.2 Å². The number of benzene rings is 3. The van der Waals surface area contributed by atoms with Crippen molar-refractivity contribution >= 4 is 72.7 Å². The number of para-hydroxylation sites is 1. The Labute approximate surface area is 294 Å². The first kappa shape index (κ1) is 32.4. The molecule has 0 bridgehead atoms. The first-order valence-corrected chi connectivity index (χ1v) is 17.6. The maximum Gasteiger partial charge on any atom is 0.103 e. The number of nitrogens with zero attached hydrogens (tertiary/aromatic N) is 5. The molecule has 48 heavy (non-hydrogen) atoms. The number of aromatic nitrogens is 2. The van der Waals surface area contributed by atoms with E-state index in [1.54, 1.807) is 17.5 Å². The molecule has 2 aliphatic rings. The fourth-order valence-electron chi connectivity index (χ4n) is 6.51. The van der Waals surface area contributed by atoms with E-state index in [0.717, 1.165) is 64.3 Å². The Morgan fingerprint density at radius 1 is 1.02 bits per heavy atom. The van der Waals surface area contributed by atoms with Gasteiger partial charge in [-0.3, -0.25) is 14.9 Å². The van der Waals surface area contributed by atoms with Crippen molar-refractivity contribution < 1.29 is 0 Å². The Bertz CT molecular complexity index is 2070. The van der Waals surface area contributed by atoms with Crippen molar-refractivity contribution in [1.82, 2.24) is 30.8 Å². The van der Waals surface area contributed by atoms with E-state index in [2.05, 4.69) is 87.7 Å². The molecule has 1 atom stereocenters. The molecule has 3 aromatic carbocycles. The fraction of sp³-hybridized carbons (Fsp3) is 0.306. The van der Waals surface area contributed by atoms with Gasteiger partial charge in [0.1, 0.15) is 6.07 Å². The zero-order chi connectivity index (χ0) is 33.6. The topological polar surface area (TPSA) is 104 Å². The molecule has 0 spiro atoms. The zero-order valence-corrected chi connectivity index (χ0v) is 29.6. The third kappa shape index (κ3) is 6.37. The van der Waals surface area contributed by atoms with Gasteiger partial charge in [0.05, 0.1) is 49.3 Å². The second kappa shape index (κ2) is 13.1. The molecular weight excluding hydrogens is 661 g/mol. The monoisotopic (exact) mass is 697 g/mol. The number of nitrogens with one attached hydrogen (secondary N) is 4. The average molecular weight is 699 g/mol. The van der Waals surface area contributed by atoms with Gasteiger partial charge < -0.3 is 16.1 Å². The van der Waals surface area contributed by atoms with E-state index in [1.807, 2.05) is 42.8 Å². The van der Waals surface area contributed by atoms with Gasteiger partial charge in [-0.05, 0) is 76.4 Å². The lowest BCUT2D eigenvalue weighted by Crippen LogP contribution is -2.52. The zero-order valence-electron chi connectivity index (χ0n) is 27.2. The van der Waals surface area contributed by atoms with Crippen LogP contribution in [0.3, 0.4) is 0 Å². The van der Waals surface area contributed by atoms with Gasteiger partial charge in [0.25, 0.3) is 0 Å². The highest BCUT2D eigenvalue weighted by atomic mass is 35.5. The molecule has 0 saturated carbocycles. The molecule has 12 heteroatoms. The molecule has 4 heterocycles. The molecule has 4 N–H and O–H groups in total. The number of nitriles is 1. The van der Waals surface area contributed by atoms with Crippen molar-refractivity contribution in [3.05, 3.63) is 98.9 Å². The molecule has 1 saturated heterocycles. The molecule has 2 aliphatic heterocycles. The van der Waals surface area contributed by atoms with E-state index in [1.165, 1.54) is 0 Å². The summed E-state index contributed by atoms with van der Waals surface area (Å²) in [6, 6.07) is 18.2. The molecule has 0 unspecified atom stereocenters. The van der Waals surface area contributed by atoms with E-state index in [-0.39, 0.29) is 11.6 Å².